The van der Waals surface area contributed by atoms with Crippen molar-refractivity contribution in [2.45, 2.75) is 6.04 Å². The SMILES string of the molecule is O=C(c1cccc(N2CCNC(c3ccccc3)C2)n1)N1CCN(c2ncccn2)CC1. The van der Waals surface area contributed by atoms with E-state index in [-0.39, 0.29) is 11.9 Å². The second kappa shape index (κ2) is 9.32. The Kier molecular flexibility index (Phi) is 5.93. The van der Waals surface area contributed by atoms with Crippen LogP contribution < -0.4 is 15.1 Å². The molecule has 2 saturated heterocycles. The van der Waals surface area contributed by atoms with Crippen molar-refractivity contribution in [2.75, 3.05) is 55.6 Å². The minimum atomic E-state index is -0.0183. The van der Waals surface area contributed by atoms with Gasteiger partial charge < -0.3 is 20.0 Å². The lowest BCUT2D eigenvalue weighted by Crippen LogP contribution is -2.49. The van der Waals surface area contributed by atoms with Gasteiger partial charge in [-0.15, -0.1) is 0 Å². The third-order valence-electron chi connectivity index (χ3n) is 6.06. The summed E-state index contributed by atoms with van der Waals surface area (Å²) in [4.78, 5) is 32.8. The highest BCUT2D eigenvalue weighted by molar-refractivity contribution is 5.92. The van der Waals surface area contributed by atoms with E-state index in [1.54, 1.807) is 12.4 Å². The van der Waals surface area contributed by atoms with Crippen LogP contribution in [0.25, 0.3) is 0 Å². The molecule has 2 aliphatic heterocycles. The number of carbonyl (C=O) groups is 1. The van der Waals surface area contributed by atoms with Crippen molar-refractivity contribution in [3.05, 3.63) is 78.2 Å². The molecule has 5 rings (SSSR count). The van der Waals surface area contributed by atoms with Crippen molar-refractivity contribution in [3.8, 4) is 0 Å². The molecule has 1 unspecified atom stereocenters. The van der Waals surface area contributed by atoms with E-state index in [4.69, 9.17) is 4.98 Å². The molecule has 4 heterocycles. The fourth-order valence-electron chi connectivity index (χ4n) is 4.31. The lowest BCUT2D eigenvalue weighted by atomic mass is 10.0. The van der Waals surface area contributed by atoms with Gasteiger partial charge in [-0.25, -0.2) is 15.0 Å². The van der Waals surface area contributed by atoms with Gasteiger partial charge in [0.15, 0.2) is 0 Å². The molecule has 0 radical (unpaired) electrons. The fourth-order valence-corrected chi connectivity index (χ4v) is 4.31. The van der Waals surface area contributed by atoms with E-state index in [9.17, 15) is 4.79 Å². The first-order valence-electron chi connectivity index (χ1n) is 11.1. The van der Waals surface area contributed by atoms with Crippen molar-refractivity contribution in [1.82, 2.24) is 25.2 Å². The molecular formula is C24H27N7O. The maximum atomic E-state index is 13.1. The number of hydrogen-bond donors (Lipinski definition) is 1. The van der Waals surface area contributed by atoms with Gasteiger partial charge in [0, 0.05) is 64.2 Å². The zero-order valence-corrected chi connectivity index (χ0v) is 18.0. The molecule has 8 nitrogen and oxygen atoms in total. The number of rotatable bonds is 4. The van der Waals surface area contributed by atoms with E-state index in [2.05, 4.69) is 49.4 Å². The first-order chi connectivity index (χ1) is 15.8. The van der Waals surface area contributed by atoms with Crippen LogP contribution in [0, 0.1) is 0 Å². The van der Waals surface area contributed by atoms with Crippen molar-refractivity contribution in [3.63, 3.8) is 0 Å². The average Bonchev–Trinajstić information content (AvgIpc) is 2.89. The first-order valence-corrected chi connectivity index (χ1v) is 11.1. The minimum absolute atomic E-state index is 0.0183. The van der Waals surface area contributed by atoms with E-state index in [1.807, 2.05) is 35.2 Å². The summed E-state index contributed by atoms with van der Waals surface area (Å²) < 4.78 is 0. The molecule has 0 saturated carbocycles. The van der Waals surface area contributed by atoms with Crippen molar-refractivity contribution in [2.24, 2.45) is 0 Å². The summed E-state index contributed by atoms with van der Waals surface area (Å²) in [5.74, 6) is 1.55. The molecule has 1 aromatic carbocycles. The number of aromatic nitrogens is 3. The summed E-state index contributed by atoms with van der Waals surface area (Å²) in [5, 5.41) is 3.58. The van der Waals surface area contributed by atoms with E-state index >= 15 is 0 Å². The molecule has 1 atom stereocenters. The molecule has 0 aliphatic carbocycles. The monoisotopic (exact) mass is 429 g/mol. The molecule has 164 valence electrons. The van der Waals surface area contributed by atoms with Crippen LogP contribution in [-0.2, 0) is 0 Å². The van der Waals surface area contributed by atoms with E-state index < -0.39 is 0 Å². The quantitative estimate of drug-likeness (QED) is 0.680. The predicted molar refractivity (Wildman–Crippen MR) is 124 cm³/mol. The molecule has 0 bridgehead atoms. The Morgan fingerprint density at radius 2 is 1.62 bits per heavy atom. The highest BCUT2D eigenvalue weighted by atomic mass is 16.2. The predicted octanol–water partition coefficient (Wildman–Crippen LogP) is 1.98. The zero-order valence-electron chi connectivity index (χ0n) is 18.0. The number of hydrogen-bond acceptors (Lipinski definition) is 7. The van der Waals surface area contributed by atoms with Crippen LogP contribution in [0.1, 0.15) is 22.1 Å². The number of nitrogens with zero attached hydrogens (tertiary/aromatic N) is 6. The Balaban J connectivity index is 1.24. The molecule has 32 heavy (non-hydrogen) atoms. The summed E-state index contributed by atoms with van der Waals surface area (Å²) >= 11 is 0. The molecule has 2 aliphatic rings. The average molecular weight is 430 g/mol. The van der Waals surface area contributed by atoms with E-state index in [0.717, 1.165) is 25.5 Å². The van der Waals surface area contributed by atoms with Gasteiger partial charge in [0.05, 0.1) is 0 Å². The van der Waals surface area contributed by atoms with Gasteiger partial charge in [0.1, 0.15) is 11.5 Å². The van der Waals surface area contributed by atoms with Crippen LogP contribution in [-0.4, -0.2) is 71.6 Å². The molecule has 1 N–H and O–H groups in total. The first kappa shape index (κ1) is 20.4. The minimum Gasteiger partial charge on any atom is -0.353 e. The lowest BCUT2D eigenvalue weighted by Gasteiger charge is -2.36. The standard InChI is InChI=1S/C24H27N7O/c32-23(29-14-16-30(17-15-29)24-26-10-5-11-27-24)20-8-4-9-22(28-20)31-13-12-25-21(18-31)19-6-2-1-3-7-19/h1-11,21,25H,12-18H2. The second-order valence-electron chi connectivity index (χ2n) is 8.07. The molecule has 2 fully saturated rings. The van der Waals surface area contributed by atoms with Gasteiger partial charge in [-0.2, -0.15) is 0 Å². The van der Waals surface area contributed by atoms with Gasteiger partial charge in [-0.1, -0.05) is 36.4 Å². The Labute approximate surface area is 187 Å². The maximum absolute atomic E-state index is 13.1. The third kappa shape index (κ3) is 4.40. The Morgan fingerprint density at radius 3 is 2.41 bits per heavy atom. The third-order valence-corrected chi connectivity index (χ3v) is 6.06. The van der Waals surface area contributed by atoms with Gasteiger partial charge in [0.25, 0.3) is 5.91 Å². The Morgan fingerprint density at radius 1 is 0.844 bits per heavy atom. The van der Waals surface area contributed by atoms with Crippen molar-refractivity contribution in [1.29, 1.82) is 0 Å². The van der Waals surface area contributed by atoms with E-state index in [1.165, 1.54) is 5.56 Å². The summed E-state index contributed by atoms with van der Waals surface area (Å²) in [7, 11) is 0. The van der Waals surface area contributed by atoms with Crippen molar-refractivity contribution >= 4 is 17.7 Å². The Bertz CT molecular complexity index is 1040. The second-order valence-corrected chi connectivity index (χ2v) is 8.07. The Hall–Kier alpha value is -3.52. The molecule has 0 spiro atoms. The largest absolute Gasteiger partial charge is 0.353 e. The van der Waals surface area contributed by atoms with Crippen LogP contribution in [0.3, 0.4) is 0 Å². The van der Waals surface area contributed by atoms with Gasteiger partial charge in [-0.3, -0.25) is 4.79 Å². The highest BCUT2D eigenvalue weighted by Crippen LogP contribution is 2.22. The van der Waals surface area contributed by atoms with Crippen LogP contribution in [0.2, 0.25) is 0 Å². The summed E-state index contributed by atoms with van der Waals surface area (Å²) in [5.41, 5.74) is 1.77. The smallest absolute Gasteiger partial charge is 0.272 e. The number of piperazine rings is 2. The van der Waals surface area contributed by atoms with Gasteiger partial charge in [0.2, 0.25) is 5.95 Å². The number of pyridine rings is 1. The molecule has 8 heteroatoms. The summed E-state index contributed by atoms with van der Waals surface area (Å²) in [6, 6.07) is 18.3. The molecule has 3 aromatic rings. The number of amides is 1. The summed E-state index contributed by atoms with van der Waals surface area (Å²) in [6.45, 7) is 5.26. The van der Waals surface area contributed by atoms with Crippen LogP contribution in [0.4, 0.5) is 11.8 Å². The number of carbonyl (C=O) groups excluding carboxylic acids is 1. The normalized spacial score (nSPS) is 19.1. The van der Waals surface area contributed by atoms with Crippen LogP contribution in [0.15, 0.2) is 67.0 Å². The number of anilines is 2. The fraction of sp³-hybridized carbons (Fsp3) is 0.333. The summed E-state index contributed by atoms with van der Waals surface area (Å²) in [6.07, 6.45) is 3.49. The topological polar surface area (TPSA) is 77.5 Å². The van der Waals surface area contributed by atoms with Gasteiger partial charge >= 0.3 is 0 Å². The highest BCUT2D eigenvalue weighted by Gasteiger charge is 2.26. The molecule has 2 aromatic heterocycles. The van der Waals surface area contributed by atoms with Gasteiger partial charge in [-0.05, 0) is 23.8 Å². The molecular weight excluding hydrogens is 402 g/mol. The lowest BCUT2D eigenvalue weighted by molar-refractivity contribution is 0.0740. The number of nitrogens with one attached hydrogen (secondary N) is 1. The number of benzene rings is 1. The zero-order chi connectivity index (χ0) is 21.8. The van der Waals surface area contributed by atoms with Crippen LogP contribution >= 0.6 is 0 Å². The molecule has 1 amide bonds. The van der Waals surface area contributed by atoms with E-state index in [0.29, 0.717) is 37.8 Å². The van der Waals surface area contributed by atoms with Crippen molar-refractivity contribution < 1.29 is 4.79 Å². The van der Waals surface area contributed by atoms with Crippen LogP contribution in [0.5, 0.6) is 0 Å². The maximum Gasteiger partial charge on any atom is 0.272 e.